The molecule has 0 unspecified atom stereocenters. The van der Waals surface area contributed by atoms with Crippen LogP contribution in [-0.2, 0) is 16.1 Å². The van der Waals surface area contributed by atoms with Gasteiger partial charge in [-0.3, -0.25) is 9.69 Å². The molecule has 1 fully saturated rings. The second kappa shape index (κ2) is 9.76. The van der Waals surface area contributed by atoms with Crippen molar-refractivity contribution in [2.75, 3.05) is 50.1 Å². The first-order valence-corrected chi connectivity index (χ1v) is 10.5. The van der Waals surface area contributed by atoms with Crippen molar-refractivity contribution in [3.05, 3.63) is 66.1 Å². The van der Waals surface area contributed by atoms with Gasteiger partial charge in [0.1, 0.15) is 5.76 Å². The van der Waals surface area contributed by atoms with E-state index in [9.17, 15) is 4.79 Å². The topological polar surface area (TPSA) is 70.8 Å². The third kappa shape index (κ3) is 5.51. The standard InChI is InChI=1S/C24H28N4O3/c1-18-22(26-24(31-18)19-6-4-3-5-7-19)16-27(2)17-23(29)25-20-8-10-21(11-9-20)28-12-14-30-15-13-28/h3-11H,12-17H2,1-2H3,(H,25,29). The fourth-order valence-electron chi connectivity index (χ4n) is 3.61. The molecule has 31 heavy (non-hydrogen) atoms. The van der Waals surface area contributed by atoms with E-state index in [2.05, 4.69) is 15.2 Å². The van der Waals surface area contributed by atoms with Crippen LogP contribution in [0.3, 0.4) is 0 Å². The van der Waals surface area contributed by atoms with E-state index in [1.165, 1.54) is 0 Å². The van der Waals surface area contributed by atoms with E-state index < -0.39 is 0 Å². The minimum Gasteiger partial charge on any atom is -0.441 e. The molecule has 2 heterocycles. The first kappa shape index (κ1) is 21.1. The van der Waals surface area contributed by atoms with Crippen LogP contribution >= 0.6 is 0 Å². The van der Waals surface area contributed by atoms with Gasteiger partial charge in [-0.15, -0.1) is 0 Å². The van der Waals surface area contributed by atoms with Crippen molar-refractivity contribution < 1.29 is 13.9 Å². The fraction of sp³-hybridized carbons (Fsp3) is 0.333. The number of aromatic nitrogens is 1. The van der Waals surface area contributed by atoms with Crippen molar-refractivity contribution in [1.82, 2.24) is 9.88 Å². The number of hydrogen-bond acceptors (Lipinski definition) is 6. The highest BCUT2D eigenvalue weighted by Crippen LogP contribution is 2.22. The number of aryl methyl sites for hydroxylation is 1. The number of nitrogens with one attached hydrogen (secondary N) is 1. The van der Waals surface area contributed by atoms with Gasteiger partial charge in [-0.05, 0) is 50.4 Å². The number of benzene rings is 2. The molecule has 1 aliphatic heterocycles. The van der Waals surface area contributed by atoms with Gasteiger partial charge in [-0.1, -0.05) is 18.2 Å². The van der Waals surface area contributed by atoms with E-state index >= 15 is 0 Å². The molecule has 3 aromatic rings. The molecule has 4 rings (SSSR count). The molecule has 1 N–H and O–H groups in total. The maximum absolute atomic E-state index is 12.5. The number of amides is 1. The maximum Gasteiger partial charge on any atom is 0.238 e. The largest absolute Gasteiger partial charge is 0.441 e. The molecule has 0 bridgehead atoms. The molecule has 0 radical (unpaired) electrons. The average Bonchev–Trinajstić information content (AvgIpc) is 3.15. The zero-order valence-corrected chi connectivity index (χ0v) is 18.0. The predicted molar refractivity (Wildman–Crippen MR) is 121 cm³/mol. The highest BCUT2D eigenvalue weighted by Gasteiger charge is 2.15. The minimum atomic E-state index is -0.0638. The van der Waals surface area contributed by atoms with Crippen LogP contribution in [0.1, 0.15) is 11.5 Å². The van der Waals surface area contributed by atoms with Gasteiger partial charge in [-0.2, -0.15) is 0 Å². The number of rotatable bonds is 7. The molecule has 2 aromatic carbocycles. The minimum absolute atomic E-state index is 0.0638. The molecule has 7 nitrogen and oxygen atoms in total. The number of hydrogen-bond donors (Lipinski definition) is 1. The lowest BCUT2D eigenvalue weighted by Crippen LogP contribution is -2.36. The van der Waals surface area contributed by atoms with Gasteiger partial charge >= 0.3 is 0 Å². The van der Waals surface area contributed by atoms with Crippen molar-refractivity contribution in [3.63, 3.8) is 0 Å². The zero-order chi connectivity index (χ0) is 21.6. The van der Waals surface area contributed by atoms with Crippen LogP contribution < -0.4 is 10.2 Å². The molecule has 1 aromatic heterocycles. The number of anilines is 2. The molecule has 0 aliphatic carbocycles. The molecule has 162 valence electrons. The van der Waals surface area contributed by atoms with Gasteiger partial charge < -0.3 is 19.4 Å². The summed E-state index contributed by atoms with van der Waals surface area (Å²) in [5.74, 6) is 1.31. The Morgan fingerprint density at radius 1 is 1.10 bits per heavy atom. The van der Waals surface area contributed by atoms with Gasteiger partial charge in [0.25, 0.3) is 0 Å². The van der Waals surface area contributed by atoms with E-state index in [1.807, 2.05) is 73.5 Å². The monoisotopic (exact) mass is 420 g/mol. The summed E-state index contributed by atoms with van der Waals surface area (Å²) in [5.41, 5.74) is 3.72. The molecule has 1 saturated heterocycles. The van der Waals surface area contributed by atoms with Gasteiger partial charge in [0.05, 0.1) is 25.5 Å². The lowest BCUT2D eigenvalue weighted by Gasteiger charge is -2.28. The summed E-state index contributed by atoms with van der Waals surface area (Å²) >= 11 is 0. The Balaban J connectivity index is 1.30. The van der Waals surface area contributed by atoms with Crippen LogP contribution in [0, 0.1) is 6.92 Å². The Morgan fingerprint density at radius 3 is 2.52 bits per heavy atom. The van der Waals surface area contributed by atoms with Crippen molar-refractivity contribution in [2.24, 2.45) is 0 Å². The zero-order valence-electron chi connectivity index (χ0n) is 18.0. The summed E-state index contributed by atoms with van der Waals surface area (Å²) in [7, 11) is 1.90. The number of ether oxygens (including phenoxy) is 1. The van der Waals surface area contributed by atoms with E-state index in [0.717, 1.165) is 54.7 Å². The summed E-state index contributed by atoms with van der Waals surface area (Å²) < 4.78 is 11.2. The van der Waals surface area contributed by atoms with E-state index in [1.54, 1.807) is 0 Å². The Hall–Kier alpha value is -3.16. The maximum atomic E-state index is 12.5. The number of morpholine rings is 1. The summed E-state index contributed by atoms with van der Waals surface area (Å²) in [5, 5.41) is 2.97. The molecule has 7 heteroatoms. The molecular weight excluding hydrogens is 392 g/mol. The first-order chi connectivity index (χ1) is 15.1. The average molecular weight is 421 g/mol. The predicted octanol–water partition coefficient (Wildman–Crippen LogP) is 3.56. The Kier molecular flexibility index (Phi) is 6.64. The van der Waals surface area contributed by atoms with Crippen LogP contribution in [-0.4, -0.2) is 55.7 Å². The Labute approximate surface area is 182 Å². The van der Waals surface area contributed by atoms with Crippen molar-refractivity contribution >= 4 is 17.3 Å². The third-order valence-electron chi connectivity index (χ3n) is 5.27. The summed E-state index contributed by atoms with van der Waals surface area (Å²) in [6, 6.07) is 17.8. The molecule has 1 aliphatic rings. The van der Waals surface area contributed by atoms with Crippen LogP contribution in [0.2, 0.25) is 0 Å². The number of nitrogens with zero attached hydrogens (tertiary/aromatic N) is 3. The van der Waals surface area contributed by atoms with E-state index in [4.69, 9.17) is 9.15 Å². The normalized spacial score (nSPS) is 14.1. The van der Waals surface area contributed by atoms with E-state index in [0.29, 0.717) is 12.4 Å². The van der Waals surface area contributed by atoms with Crippen molar-refractivity contribution in [3.8, 4) is 11.5 Å². The van der Waals surface area contributed by atoms with Gasteiger partial charge in [0.2, 0.25) is 11.8 Å². The highest BCUT2D eigenvalue weighted by atomic mass is 16.5. The van der Waals surface area contributed by atoms with Gasteiger partial charge in [-0.25, -0.2) is 4.98 Å². The quantitative estimate of drug-likeness (QED) is 0.630. The Morgan fingerprint density at radius 2 is 1.81 bits per heavy atom. The molecule has 0 saturated carbocycles. The molecule has 1 amide bonds. The van der Waals surface area contributed by atoms with Crippen LogP contribution in [0.5, 0.6) is 0 Å². The molecular formula is C24H28N4O3. The van der Waals surface area contributed by atoms with Crippen LogP contribution in [0.4, 0.5) is 11.4 Å². The second-order valence-corrected chi connectivity index (χ2v) is 7.75. The van der Waals surface area contributed by atoms with Crippen molar-refractivity contribution in [2.45, 2.75) is 13.5 Å². The first-order valence-electron chi connectivity index (χ1n) is 10.5. The number of oxazole rings is 1. The summed E-state index contributed by atoms with van der Waals surface area (Å²) in [6.45, 7) is 5.99. The lowest BCUT2D eigenvalue weighted by molar-refractivity contribution is -0.117. The summed E-state index contributed by atoms with van der Waals surface area (Å²) in [6.07, 6.45) is 0. The van der Waals surface area contributed by atoms with Crippen LogP contribution in [0.15, 0.2) is 59.0 Å². The van der Waals surface area contributed by atoms with Gasteiger partial charge in [0, 0.05) is 36.6 Å². The summed E-state index contributed by atoms with van der Waals surface area (Å²) in [4.78, 5) is 21.3. The second-order valence-electron chi connectivity index (χ2n) is 7.75. The van der Waals surface area contributed by atoms with Crippen molar-refractivity contribution in [1.29, 1.82) is 0 Å². The number of carbonyl (C=O) groups is 1. The number of carbonyl (C=O) groups excluding carboxylic acids is 1. The molecule has 0 spiro atoms. The highest BCUT2D eigenvalue weighted by molar-refractivity contribution is 5.92. The third-order valence-corrected chi connectivity index (χ3v) is 5.27. The Bertz CT molecular complexity index is 995. The molecule has 0 atom stereocenters. The smallest absolute Gasteiger partial charge is 0.238 e. The van der Waals surface area contributed by atoms with Crippen LogP contribution in [0.25, 0.3) is 11.5 Å². The SMILES string of the molecule is Cc1oc(-c2ccccc2)nc1CN(C)CC(=O)Nc1ccc(N2CCOCC2)cc1. The fourth-order valence-corrected chi connectivity index (χ4v) is 3.61. The van der Waals surface area contributed by atoms with E-state index in [-0.39, 0.29) is 12.5 Å². The number of likely N-dealkylation sites (N-methyl/N-ethyl adjacent to an activating group) is 1. The van der Waals surface area contributed by atoms with Gasteiger partial charge in [0.15, 0.2) is 0 Å². The lowest BCUT2D eigenvalue weighted by atomic mass is 10.2.